The summed E-state index contributed by atoms with van der Waals surface area (Å²) in [5.74, 6) is 0.694. The van der Waals surface area contributed by atoms with Crippen molar-refractivity contribution < 1.29 is 17.9 Å². The quantitative estimate of drug-likeness (QED) is 0.392. The minimum atomic E-state index is -3.76. The molecule has 0 aliphatic carbocycles. The Balaban J connectivity index is 1.68. The van der Waals surface area contributed by atoms with Crippen LogP contribution < -0.4 is 14.8 Å². The van der Waals surface area contributed by atoms with Crippen LogP contribution in [0.1, 0.15) is 49.8 Å². The van der Waals surface area contributed by atoms with E-state index in [1.54, 1.807) is 19.1 Å². The SMILES string of the molecule is CCC(C)c1ccccc1OC(C)C(=O)Nc1ccc(S(=O)(=O)Nc2c(C)cccc2C)cc1. The van der Waals surface area contributed by atoms with Crippen LogP contribution in [0.4, 0.5) is 11.4 Å². The van der Waals surface area contributed by atoms with E-state index in [0.717, 1.165) is 23.1 Å². The fourth-order valence-corrected chi connectivity index (χ4v) is 4.79. The van der Waals surface area contributed by atoms with E-state index in [1.165, 1.54) is 12.1 Å². The molecule has 0 radical (unpaired) electrons. The summed E-state index contributed by atoms with van der Waals surface area (Å²) in [6.07, 6.45) is 0.244. The van der Waals surface area contributed by atoms with Crippen LogP contribution >= 0.6 is 0 Å². The highest BCUT2D eigenvalue weighted by Crippen LogP contribution is 2.29. The van der Waals surface area contributed by atoms with Gasteiger partial charge in [-0.05, 0) is 80.1 Å². The van der Waals surface area contributed by atoms with Crippen molar-refractivity contribution in [1.29, 1.82) is 0 Å². The summed E-state index contributed by atoms with van der Waals surface area (Å²) >= 11 is 0. The third-order valence-electron chi connectivity index (χ3n) is 5.88. The van der Waals surface area contributed by atoms with E-state index in [9.17, 15) is 13.2 Å². The Bertz CT molecular complexity index is 1230. The smallest absolute Gasteiger partial charge is 0.265 e. The highest BCUT2D eigenvalue weighted by molar-refractivity contribution is 7.92. The lowest BCUT2D eigenvalue weighted by Crippen LogP contribution is -2.30. The predicted octanol–water partition coefficient (Wildman–Crippen LogP) is 6.02. The average Bonchev–Trinajstić information content (AvgIpc) is 2.81. The number of sulfonamides is 1. The van der Waals surface area contributed by atoms with E-state index in [4.69, 9.17) is 4.74 Å². The van der Waals surface area contributed by atoms with Gasteiger partial charge in [0.1, 0.15) is 5.75 Å². The number of para-hydroxylation sites is 2. The van der Waals surface area contributed by atoms with Crippen molar-refractivity contribution in [2.75, 3.05) is 10.0 Å². The monoisotopic (exact) mass is 480 g/mol. The van der Waals surface area contributed by atoms with Gasteiger partial charge in [-0.2, -0.15) is 0 Å². The number of hydrogen-bond acceptors (Lipinski definition) is 4. The lowest BCUT2D eigenvalue weighted by Gasteiger charge is -2.19. The zero-order chi connectivity index (χ0) is 24.9. The van der Waals surface area contributed by atoms with Crippen molar-refractivity contribution in [3.63, 3.8) is 0 Å². The molecule has 0 fully saturated rings. The van der Waals surface area contributed by atoms with Crippen LogP contribution in [0.2, 0.25) is 0 Å². The Morgan fingerprint density at radius 3 is 2.15 bits per heavy atom. The maximum Gasteiger partial charge on any atom is 0.265 e. The van der Waals surface area contributed by atoms with Gasteiger partial charge in [0.25, 0.3) is 15.9 Å². The molecule has 1 amide bonds. The molecule has 0 aliphatic rings. The molecule has 3 aromatic rings. The molecule has 0 spiro atoms. The zero-order valence-electron chi connectivity index (χ0n) is 20.3. The molecule has 0 aliphatic heterocycles. The Hall–Kier alpha value is -3.32. The Kier molecular flexibility index (Phi) is 7.99. The maximum atomic E-state index is 12.8. The third kappa shape index (κ3) is 5.97. The van der Waals surface area contributed by atoms with E-state index in [-0.39, 0.29) is 10.8 Å². The van der Waals surface area contributed by atoms with E-state index in [2.05, 4.69) is 23.9 Å². The normalized spacial score (nSPS) is 13.1. The second-order valence-corrected chi connectivity index (χ2v) is 10.2. The van der Waals surface area contributed by atoms with Crippen LogP contribution in [0.5, 0.6) is 5.75 Å². The summed E-state index contributed by atoms with van der Waals surface area (Å²) < 4.78 is 34.3. The summed E-state index contributed by atoms with van der Waals surface area (Å²) in [7, 11) is -3.76. The van der Waals surface area contributed by atoms with Gasteiger partial charge in [0.05, 0.1) is 10.6 Å². The van der Waals surface area contributed by atoms with Gasteiger partial charge in [-0.25, -0.2) is 8.42 Å². The molecular weight excluding hydrogens is 448 g/mol. The first-order chi connectivity index (χ1) is 16.1. The number of rotatable bonds is 9. The highest BCUT2D eigenvalue weighted by Gasteiger charge is 2.20. The van der Waals surface area contributed by atoms with Crippen LogP contribution in [-0.4, -0.2) is 20.4 Å². The second-order valence-electron chi connectivity index (χ2n) is 8.49. The first-order valence-electron chi connectivity index (χ1n) is 11.4. The van der Waals surface area contributed by atoms with Crippen LogP contribution in [-0.2, 0) is 14.8 Å². The van der Waals surface area contributed by atoms with E-state index in [1.807, 2.05) is 56.3 Å². The highest BCUT2D eigenvalue weighted by atomic mass is 32.2. The molecular formula is C27H32N2O4S. The fourth-order valence-electron chi connectivity index (χ4n) is 3.59. The van der Waals surface area contributed by atoms with Crippen molar-refractivity contribution in [3.05, 3.63) is 83.4 Å². The summed E-state index contributed by atoms with van der Waals surface area (Å²) in [6.45, 7) is 9.63. The first kappa shape index (κ1) is 25.3. The van der Waals surface area contributed by atoms with Gasteiger partial charge in [-0.3, -0.25) is 9.52 Å². The summed E-state index contributed by atoms with van der Waals surface area (Å²) in [4.78, 5) is 12.8. The third-order valence-corrected chi connectivity index (χ3v) is 7.25. The summed E-state index contributed by atoms with van der Waals surface area (Å²) in [6, 6.07) is 19.4. The molecule has 0 saturated carbocycles. The predicted molar refractivity (Wildman–Crippen MR) is 137 cm³/mol. The minimum absolute atomic E-state index is 0.111. The Morgan fingerprint density at radius 1 is 0.912 bits per heavy atom. The molecule has 34 heavy (non-hydrogen) atoms. The van der Waals surface area contributed by atoms with Gasteiger partial charge in [-0.1, -0.05) is 50.2 Å². The number of aryl methyl sites for hydroxylation is 2. The number of nitrogens with one attached hydrogen (secondary N) is 2. The molecule has 0 saturated heterocycles. The Morgan fingerprint density at radius 2 is 1.53 bits per heavy atom. The standard InChI is InChI=1S/C27H32N2O4S/c1-6-18(2)24-12-7-8-13-25(24)33-21(5)27(30)28-22-14-16-23(17-15-22)34(31,32)29-26-19(3)10-9-11-20(26)4/h7-18,21,29H,6H2,1-5H3,(H,28,30). The topological polar surface area (TPSA) is 84.5 Å². The molecule has 3 aromatic carbocycles. The molecule has 0 aromatic heterocycles. The molecule has 0 heterocycles. The molecule has 3 rings (SSSR count). The van der Waals surface area contributed by atoms with Crippen molar-refractivity contribution in [3.8, 4) is 5.75 Å². The van der Waals surface area contributed by atoms with Crippen LogP contribution in [0.15, 0.2) is 71.6 Å². The maximum absolute atomic E-state index is 12.8. The minimum Gasteiger partial charge on any atom is -0.481 e. The van der Waals surface area contributed by atoms with Gasteiger partial charge in [0.15, 0.2) is 6.10 Å². The summed E-state index contributed by atoms with van der Waals surface area (Å²) in [5.41, 5.74) is 3.81. The van der Waals surface area contributed by atoms with Crippen LogP contribution in [0, 0.1) is 13.8 Å². The van der Waals surface area contributed by atoms with Gasteiger partial charge in [0.2, 0.25) is 0 Å². The number of benzene rings is 3. The second kappa shape index (κ2) is 10.7. The van der Waals surface area contributed by atoms with Crippen molar-refractivity contribution >= 4 is 27.3 Å². The number of ether oxygens (including phenoxy) is 1. The molecule has 7 heteroatoms. The molecule has 2 atom stereocenters. The fraction of sp³-hybridized carbons (Fsp3) is 0.296. The van der Waals surface area contributed by atoms with E-state index in [0.29, 0.717) is 23.0 Å². The number of anilines is 2. The van der Waals surface area contributed by atoms with E-state index >= 15 is 0 Å². The lowest BCUT2D eigenvalue weighted by molar-refractivity contribution is -0.122. The number of carbonyl (C=O) groups is 1. The molecule has 0 bridgehead atoms. The largest absolute Gasteiger partial charge is 0.481 e. The molecule has 6 nitrogen and oxygen atoms in total. The van der Waals surface area contributed by atoms with Crippen LogP contribution in [0.25, 0.3) is 0 Å². The number of hydrogen-bond donors (Lipinski definition) is 2. The molecule has 2 N–H and O–H groups in total. The zero-order valence-corrected chi connectivity index (χ0v) is 21.1. The van der Waals surface area contributed by atoms with Gasteiger partial charge in [0, 0.05) is 5.69 Å². The van der Waals surface area contributed by atoms with Gasteiger partial charge < -0.3 is 10.1 Å². The molecule has 180 valence electrons. The van der Waals surface area contributed by atoms with Gasteiger partial charge in [-0.15, -0.1) is 0 Å². The number of amides is 1. The average molecular weight is 481 g/mol. The summed E-state index contributed by atoms with van der Waals surface area (Å²) in [5, 5.41) is 2.79. The van der Waals surface area contributed by atoms with Crippen molar-refractivity contribution in [2.24, 2.45) is 0 Å². The lowest BCUT2D eigenvalue weighted by atomic mass is 9.98. The van der Waals surface area contributed by atoms with Crippen molar-refractivity contribution in [1.82, 2.24) is 0 Å². The van der Waals surface area contributed by atoms with Gasteiger partial charge >= 0.3 is 0 Å². The van der Waals surface area contributed by atoms with Crippen LogP contribution in [0.3, 0.4) is 0 Å². The number of carbonyl (C=O) groups excluding carboxylic acids is 1. The van der Waals surface area contributed by atoms with Crippen molar-refractivity contribution in [2.45, 2.75) is 58.0 Å². The first-order valence-corrected chi connectivity index (χ1v) is 12.9. The van der Waals surface area contributed by atoms with E-state index < -0.39 is 16.1 Å². The molecule has 2 unspecified atom stereocenters. The Labute approximate surface area is 202 Å².